The molecule has 0 unspecified atom stereocenters. The summed E-state index contributed by atoms with van der Waals surface area (Å²) in [7, 11) is 0. The Balaban J connectivity index is 2.55. The van der Waals surface area contributed by atoms with E-state index in [0.29, 0.717) is 0 Å². The van der Waals surface area contributed by atoms with E-state index in [1.54, 1.807) is 13.0 Å². The Morgan fingerprint density at radius 3 is 2.67 bits per heavy atom. The average Bonchev–Trinajstić information content (AvgIpc) is 2.07. The molecule has 0 radical (unpaired) electrons. The molecular formula is C9H10F3NOS. The first-order valence-electron chi connectivity index (χ1n) is 4.26. The molecule has 2 nitrogen and oxygen atoms in total. The van der Waals surface area contributed by atoms with Crippen molar-refractivity contribution in [1.29, 1.82) is 0 Å². The topological polar surface area (TPSA) is 22.0 Å². The summed E-state index contributed by atoms with van der Waals surface area (Å²) in [4.78, 5) is 11.3. The molecule has 0 saturated heterocycles. The monoisotopic (exact) mass is 237 g/mol. The van der Waals surface area contributed by atoms with Gasteiger partial charge in [-0.25, -0.2) is 0 Å². The molecule has 0 aliphatic heterocycles. The van der Waals surface area contributed by atoms with Gasteiger partial charge in [0.15, 0.2) is 0 Å². The maximum Gasteiger partial charge on any atom is 0.441 e. The first-order valence-corrected chi connectivity index (χ1v) is 5.25. The minimum absolute atomic E-state index is 0.0727. The van der Waals surface area contributed by atoms with E-state index in [9.17, 15) is 18.0 Å². The summed E-state index contributed by atoms with van der Waals surface area (Å²) in [6.45, 7) is 1.83. The second kappa shape index (κ2) is 4.74. The highest BCUT2D eigenvalue weighted by molar-refractivity contribution is 8.00. The van der Waals surface area contributed by atoms with Gasteiger partial charge >= 0.3 is 5.51 Å². The van der Waals surface area contributed by atoms with Gasteiger partial charge in [-0.2, -0.15) is 13.2 Å². The Morgan fingerprint density at radius 2 is 2.13 bits per heavy atom. The van der Waals surface area contributed by atoms with Crippen LogP contribution >= 0.6 is 11.8 Å². The molecule has 0 aliphatic rings. The van der Waals surface area contributed by atoms with Gasteiger partial charge in [0.25, 0.3) is 5.56 Å². The lowest BCUT2D eigenvalue weighted by atomic mass is 10.3. The number of hydrogen-bond acceptors (Lipinski definition) is 2. The van der Waals surface area contributed by atoms with Gasteiger partial charge < -0.3 is 4.57 Å². The largest absolute Gasteiger partial charge is 0.441 e. The highest BCUT2D eigenvalue weighted by Gasteiger charge is 2.27. The number of thioether (sulfide) groups is 1. The molecule has 84 valence electrons. The maximum absolute atomic E-state index is 11.8. The van der Waals surface area contributed by atoms with Gasteiger partial charge in [-0.3, -0.25) is 4.79 Å². The van der Waals surface area contributed by atoms with Crippen LogP contribution in [0.5, 0.6) is 0 Å². The fraction of sp³-hybridized carbons (Fsp3) is 0.444. The predicted octanol–water partition coefficient (Wildman–Crippen LogP) is 2.41. The van der Waals surface area contributed by atoms with Crippen LogP contribution < -0.4 is 5.56 Å². The second-order valence-electron chi connectivity index (χ2n) is 3.03. The second-order valence-corrected chi connectivity index (χ2v) is 4.19. The van der Waals surface area contributed by atoms with E-state index in [4.69, 9.17) is 0 Å². The average molecular weight is 237 g/mol. The summed E-state index contributed by atoms with van der Waals surface area (Å²) in [5, 5.41) is 0. The summed E-state index contributed by atoms with van der Waals surface area (Å²) in [6, 6.07) is 3.10. The van der Waals surface area contributed by atoms with Crippen LogP contribution in [0.15, 0.2) is 23.1 Å². The number of pyridine rings is 1. The van der Waals surface area contributed by atoms with Gasteiger partial charge in [0.05, 0.1) is 0 Å². The highest BCUT2D eigenvalue weighted by Crippen LogP contribution is 2.29. The van der Waals surface area contributed by atoms with Gasteiger partial charge in [-0.1, -0.05) is 0 Å². The number of rotatable bonds is 3. The van der Waals surface area contributed by atoms with Crippen LogP contribution in [-0.2, 0) is 6.54 Å². The Morgan fingerprint density at radius 1 is 1.47 bits per heavy atom. The zero-order chi connectivity index (χ0) is 11.5. The molecule has 0 N–H and O–H groups in total. The lowest BCUT2D eigenvalue weighted by Gasteiger charge is -2.07. The lowest BCUT2D eigenvalue weighted by molar-refractivity contribution is -0.0328. The minimum atomic E-state index is -4.23. The zero-order valence-corrected chi connectivity index (χ0v) is 8.86. The highest BCUT2D eigenvalue weighted by atomic mass is 32.2. The molecule has 1 aromatic rings. The maximum atomic E-state index is 11.8. The van der Waals surface area contributed by atoms with Crippen molar-refractivity contribution < 1.29 is 13.2 Å². The zero-order valence-electron chi connectivity index (χ0n) is 8.04. The summed E-state index contributed by atoms with van der Waals surface area (Å²) >= 11 is -0.118. The van der Waals surface area contributed by atoms with Crippen molar-refractivity contribution in [1.82, 2.24) is 4.57 Å². The Hall–Kier alpha value is -0.910. The van der Waals surface area contributed by atoms with E-state index >= 15 is 0 Å². The molecule has 1 heterocycles. The van der Waals surface area contributed by atoms with Crippen molar-refractivity contribution in [2.75, 3.05) is 5.75 Å². The van der Waals surface area contributed by atoms with E-state index in [-0.39, 0.29) is 29.6 Å². The molecule has 0 atom stereocenters. The summed E-state index contributed by atoms with van der Waals surface area (Å²) in [5.74, 6) is -0.146. The number of aryl methyl sites for hydroxylation is 2. The van der Waals surface area contributed by atoms with E-state index < -0.39 is 5.51 Å². The third kappa shape index (κ3) is 4.42. The van der Waals surface area contributed by atoms with E-state index in [1.165, 1.54) is 16.8 Å². The molecular weight excluding hydrogens is 227 g/mol. The Labute approximate surface area is 89.1 Å². The Bertz CT molecular complexity index is 386. The fourth-order valence-electron chi connectivity index (χ4n) is 1.05. The molecule has 6 heteroatoms. The number of nitrogens with zero attached hydrogens (tertiary/aromatic N) is 1. The third-order valence-electron chi connectivity index (χ3n) is 1.75. The molecule has 0 aromatic carbocycles. The standard InChI is InChI=1S/C9H10F3NOS/c1-7-2-3-13(8(14)6-7)4-5-15-9(10,11)12/h2-3,6H,4-5H2,1H3. The number of hydrogen-bond donors (Lipinski definition) is 0. The van der Waals surface area contributed by atoms with Gasteiger partial charge in [0.2, 0.25) is 0 Å². The van der Waals surface area contributed by atoms with Gasteiger partial charge in [-0.15, -0.1) is 0 Å². The SMILES string of the molecule is Cc1ccn(CCSC(F)(F)F)c(=O)c1. The van der Waals surface area contributed by atoms with Crippen molar-refractivity contribution >= 4 is 11.8 Å². The van der Waals surface area contributed by atoms with Crippen LogP contribution in [0.1, 0.15) is 5.56 Å². The molecule has 0 spiro atoms. The molecule has 0 bridgehead atoms. The van der Waals surface area contributed by atoms with Crippen molar-refractivity contribution in [2.45, 2.75) is 19.0 Å². The first kappa shape index (κ1) is 12.2. The van der Waals surface area contributed by atoms with Gasteiger partial charge in [-0.05, 0) is 30.3 Å². The third-order valence-corrected chi connectivity index (χ3v) is 2.46. The fourth-order valence-corrected chi connectivity index (χ4v) is 1.57. The van der Waals surface area contributed by atoms with E-state index in [1.807, 2.05) is 0 Å². The van der Waals surface area contributed by atoms with Crippen molar-refractivity contribution in [2.24, 2.45) is 0 Å². The quantitative estimate of drug-likeness (QED) is 0.805. The van der Waals surface area contributed by atoms with Crippen molar-refractivity contribution in [3.05, 3.63) is 34.2 Å². The predicted molar refractivity (Wildman–Crippen MR) is 54.0 cm³/mol. The summed E-state index contributed by atoms with van der Waals surface area (Å²) in [5.41, 5.74) is -3.69. The summed E-state index contributed by atoms with van der Waals surface area (Å²) in [6.07, 6.45) is 1.51. The normalized spacial score (nSPS) is 11.7. The lowest BCUT2D eigenvalue weighted by Crippen LogP contribution is -2.20. The molecule has 1 aromatic heterocycles. The molecule has 0 amide bonds. The Kier molecular flexibility index (Phi) is 3.84. The van der Waals surface area contributed by atoms with E-state index in [2.05, 4.69) is 0 Å². The van der Waals surface area contributed by atoms with Crippen LogP contribution in [0, 0.1) is 6.92 Å². The van der Waals surface area contributed by atoms with Gasteiger partial charge in [0.1, 0.15) is 0 Å². The van der Waals surface area contributed by atoms with Gasteiger partial charge in [0, 0.05) is 24.6 Å². The molecule has 1 rings (SSSR count). The van der Waals surface area contributed by atoms with Crippen LogP contribution in [-0.4, -0.2) is 15.8 Å². The van der Waals surface area contributed by atoms with Crippen LogP contribution in [0.2, 0.25) is 0 Å². The van der Waals surface area contributed by atoms with Crippen LogP contribution in [0.4, 0.5) is 13.2 Å². The number of aromatic nitrogens is 1. The van der Waals surface area contributed by atoms with E-state index in [0.717, 1.165) is 5.56 Å². The van der Waals surface area contributed by atoms with Crippen LogP contribution in [0.3, 0.4) is 0 Å². The van der Waals surface area contributed by atoms with Crippen molar-refractivity contribution in [3.8, 4) is 0 Å². The number of alkyl halides is 3. The van der Waals surface area contributed by atoms with Crippen LogP contribution in [0.25, 0.3) is 0 Å². The number of halogens is 3. The molecule has 0 fully saturated rings. The molecule has 15 heavy (non-hydrogen) atoms. The molecule has 0 saturated carbocycles. The van der Waals surface area contributed by atoms with Crippen molar-refractivity contribution in [3.63, 3.8) is 0 Å². The molecule has 0 aliphatic carbocycles. The minimum Gasteiger partial charge on any atom is -0.315 e. The smallest absolute Gasteiger partial charge is 0.315 e. The summed E-state index contributed by atoms with van der Waals surface area (Å²) < 4.78 is 36.7. The first-order chi connectivity index (χ1) is 6.88.